The first-order chi connectivity index (χ1) is 14.5. The first-order valence-electron chi connectivity index (χ1n) is 10.1. The normalized spacial score (nSPS) is 16.2. The zero-order valence-corrected chi connectivity index (χ0v) is 17.1. The Balaban J connectivity index is 1.62. The van der Waals surface area contributed by atoms with Crippen LogP contribution in [0.25, 0.3) is 0 Å². The van der Waals surface area contributed by atoms with Crippen LogP contribution in [0.3, 0.4) is 0 Å². The topological polar surface area (TPSA) is 113 Å². The van der Waals surface area contributed by atoms with Crippen molar-refractivity contribution in [2.75, 3.05) is 33.0 Å². The van der Waals surface area contributed by atoms with Crippen molar-refractivity contribution < 1.29 is 23.7 Å². The molecule has 0 saturated carbocycles. The molecule has 0 aliphatic carbocycles. The molecule has 1 saturated heterocycles. The SMILES string of the molecule is CCc1c(CCc2ccc(OCC(N)=O)cc2)[nH]c(OCC2COCCO2)cc1=O. The van der Waals surface area contributed by atoms with Gasteiger partial charge in [0.25, 0.3) is 5.91 Å². The maximum atomic E-state index is 12.5. The summed E-state index contributed by atoms with van der Waals surface area (Å²) in [4.78, 5) is 26.6. The molecule has 3 N–H and O–H groups in total. The van der Waals surface area contributed by atoms with Gasteiger partial charge in [-0.2, -0.15) is 0 Å². The summed E-state index contributed by atoms with van der Waals surface area (Å²) >= 11 is 0. The average Bonchev–Trinajstić information content (AvgIpc) is 2.76. The number of rotatable bonds is 10. The monoisotopic (exact) mass is 416 g/mol. The van der Waals surface area contributed by atoms with Gasteiger partial charge in [-0.3, -0.25) is 9.59 Å². The molecule has 1 aromatic heterocycles. The molecular weight excluding hydrogens is 388 g/mol. The molecule has 1 fully saturated rings. The van der Waals surface area contributed by atoms with Crippen molar-refractivity contribution in [3.63, 3.8) is 0 Å². The number of carbonyl (C=O) groups excluding carboxylic acids is 1. The van der Waals surface area contributed by atoms with Gasteiger partial charge in [0.2, 0.25) is 0 Å². The molecule has 30 heavy (non-hydrogen) atoms. The number of aromatic nitrogens is 1. The van der Waals surface area contributed by atoms with Crippen molar-refractivity contribution >= 4 is 5.91 Å². The summed E-state index contributed by atoms with van der Waals surface area (Å²) in [6, 6.07) is 8.96. The van der Waals surface area contributed by atoms with Gasteiger partial charge < -0.3 is 29.7 Å². The zero-order chi connectivity index (χ0) is 21.3. The van der Waals surface area contributed by atoms with Crippen LogP contribution >= 0.6 is 0 Å². The molecule has 1 aromatic carbocycles. The quantitative estimate of drug-likeness (QED) is 0.605. The van der Waals surface area contributed by atoms with E-state index in [1.54, 1.807) is 12.1 Å². The third-order valence-corrected chi connectivity index (χ3v) is 4.83. The van der Waals surface area contributed by atoms with Crippen molar-refractivity contribution in [2.45, 2.75) is 32.3 Å². The fourth-order valence-corrected chi connectivity index (χ4v) is 3.29. The van der Waals surface area contributed by atoms with Crippen LogP contribution in [0.5, 0.6) is 11.6 Å². The Kier molecular flexibility index (Phi) is 7.87. The van der Waals surface area contributed by atoms with Gasteiger partial charge in [-0.05, 0) is 37.0 Å². The highest BCUT2D eigenvalue weighted by molar-refractivity contribution is 5.75. The fraction of sp³-hybridized carbons (Fsp3) is 0.455. The summed E-state index contributed by atoms with van der Waals surface area (Å²) in [5.41, 5.74) is 7.77. The second-order valence-corrected chi connectivity index (χ2v) is 7.09. The summed E-state index contributed by atoms with van der Waals surface area (Å²) in [5.74, 6) is 0.515. The third kappa shape index (κ3) is 6.33. The lowest BCUT2D eigenvalue weighted by atomic mass is 10.0. The van der Waals surface area contributed by atoms with E-state index in [1.165, 1.54) is 6.07 Å². The molecule has 0 radical (unpaired) electrons. The molecule has 3 rings (SSSR count). The molecule has 2 aromatic rings. The predicted octanol–water partition coefficient (Wildman–Crippen LogP) is 1.38. The minimum Gasteiger partial charge on any atom is -0.484 e. The molecule has 1 amide bonds. The number of amides is 1. The van der Waals surface area contributed by atoms with Crippen molar-refractivity contribution in [1.29, 1.82) is 0 Å². The Morgan fingerprint density at radius 2 is 2.00 bits per heavy atom. The van der Waals surface area contributed by atoms with E-state index in [1.807, 2.05) is 19.1 Å². The Labute approximate surface area is 175 Å². The number of hydrogen-bond donors (Lipinski definition) is 2. The van der Waals surface area contributed by atoms with Crippen molar-refractivity contribution in [3.8, 4) is 11.6 Å². The van der Waals surface area contributed by atoms with Crippen LogP contribution in [-0.4, -0.2) is 50.0 Å². The number of benzene rings is 1. The second kappa shape index (κ2) is 10.8. The van der Waals surface area contributed by atoms with E-state index in [0.717, 1.165) is 23.2 Å². The van der Waals surface area contributed by atoms with Crippen LogP contribution in [0.2, 0.25) is 0 Å². The summed E-state index contributed by atoms with van der Waals surface area (Å²) in [6.07, 6.45) is 1.92. The molecule has 2 heterocycles. The Morgan fingerprint density at radius 3 is 2.67 bits per heavy atom. The lowest BCUT2D eigenvalue weighted by molar-refractivity contribution is -0.119. The number of aryl methyl sites for hydroxylation is 2. The van der Waals surface area contributed by atoms with E-state index in [2.05, 4.69) is 4.98 Å². The summed E-state index contributed by atoms with van der Waals surface area (Å²) < 4.78 is 22.0. The molecule has 1 aliphatic heterocycles. The van der Waals surface area contributed by atoms with E-state index < -0.39 is 5.91 Å². The molecule has 162 valence electrons. The third-order valence-electron chi connectivity index (χ3n) is 4.83. The van der Waals surface area contributed by atoms with Crippen LogP contribution in [0.1, 0.15) is 23.7 Å². The van der Waals surface area contributed by atoms with Crippen LogP contribution < -0.4 is 20.6 Å². The van der Waals surface area contributed by atoms with E-state index in [-0.39, 0.29) is 18.1 Å². The Hall–Kier alpha value is -2.84. The maximum Gasteiger partial charge on any atom is 0.255 e. The zero-order valence-electron chi connectivity index (χ0n) is 17.1. The van der Waals surface area contributed by atoms with E-state index in [0.29, 0.717) is 50.9 Å². The molecule has 8 heteroatoms. The number of hydrogen-bond acceptors (Lipinski definition) is 6. The van der Waals surface area contributed by atoms with Crippen molar-refractivity contribution in [2.24, 2.45) is 5.73 Å². The number of primary amides is 1. The van der Waals surface area contributed by atoms with Gasteiger partial charge >= 0.3 is 0 Å². The number of carbonyl (C=O) groups is 1. The van der Waals surface area contributed by atoms with E-state index in [4.69, 9.17) is 24.7 Å². The van der Waals surface area contributed by atoms with Gasteiger partial charge in [-0.1, -0.05) is 19.1 Å². The van der Waals surface area contributed by atoms with Crippen molar-refractivity contribution in [1.82, 2.24) is 4.98 Å². The minimum atomic E-state index is -0.514. The number of nitrogens with one attached hydrogen (secondary N) is 1. The lowest BCUT2D eigenvalue weighted by Gasteiger charge is -2.23. The highest BCUT2D eigenvalue weighted by Crippen LogP contribution is 2.16. The largest absolute Gasteiger partial charge is 0.484 e. The standard InChI is InChI=1S/C22H28N2O6/c1-2-18-19(8-5-15-3-6-16(7-4-15)29-14-21(23)26)24-22(11-20(18)25)30-13-17-12-27-9-10-28-17/h3-4,6-7,11,17H,2,5,8-10,12-14H2,1H3,(H2,23,26)(H,24,25). The number of nitrogens with two attached hydrogens (primary N) is 1. The van der Waals surface area contributed by atoms with Crippen LogP contribution in [-0.2, 0) is 33.5 Å². The van der Waals surface area contributed by atoms with E-state index >= 15 is 0 Å². The molecule has 1 atom stereocenters. The second-order valence-electron chi connectivity index (χ2n) is 7.09. The number of H-pyrrole nitrogens is 1. The highest BCUT2D eigenvalue weighted by atomic mass is 16.6. The predicted molar refractivity (Wildman–Crippen MR) is 111 cm³/mol. The van der Waals surface area contributed by atoms with Gasteiger partial charge in [0.15, 0.2) is 17.9 Å². The smallest absolute Gasteiger partial charge is 0.255 e. The Bertz CT molecular complexity index is 887. The van der Waals surface area contributed by atoms with Gasteiger partial charge in [0.05, 0.1) is 19.8 Å². The summed E-state index contributed by atoms with van der Waals surface area (Å²) in [7, 11) is 0. The van der Waals surface area contributed by atoms with Crippen LogP contribution in [0.15, 0.2) is 35.1 Å². The minimum absolute atomic E-state index is 0.0303. The molecule has 0 spiro atoms. The van der Waals surface area contributed by atoms with E-state index in [9.17, 15) is 9.59 Å². The highest BCUT2D eigenvalue weighted by Gasteiger charge is 2.16. The number of pyridine rings is 1. The van der Waals surface area contributed by atoms with Gasteiger partial charge in [0.1, 0.15) is 18.5 Å². The number of aromatic amines is 1. The maximum absolute atomic E-state index is 12.5. The number of ether oxygens (including phenoxy) is 4. The molecule has 1 unspecified atom stereocenters. The first kappa shape index (κ1) is 21.9. The lowest BCUT2D eigenvalue weighted by Crippen LogP contribution is -2.33. The molecule has 1 aliphatic rings. The average molecular weight is 416 g/mol. The van der Waals surface area contributed by atoms with Crippen LogP contribution in [0.4, 0.5) is 0 Å². The summed E-state index contributed by atoms with van der Waals surface area (Å²) in [5, 5.41) is 0. The first-order valence-corrected chi connectivity index (χ1v) is 10.1. The molecule has 8 nitrogen and oxygen atoms in total. The summed E-state index contributed by atoms with van der Waals surface area (Å²) in [6.45, 7) is 3.78. The van der Waals surface area contributed by atoms with Gasteiger partial charge in [-0.25, -0.2) is 0 Å². The van der Waals surface area contributed by atoms with Gasteiger partial charge in [0, 0.05) is 17.3 Å². The van der Waals surface area contributed by atoms with Gasteiger partial charge in [-0.15, -0.1) is 0 Å². The molecular formula is C22H28N2O6. The Morgan fingerprint density at radius 1 is 1.20 bits per heavy atom. The fourth-order valence-electron chi connectivity index (χ4n) is 3.29. The van der Waals surface area contributed by atoms with Crippen LogP contribution in [0, 0.1) is 0 Å². The molecule has 0 bridgehead atoms. The van der Waals surface area contributed by atoms with Crippen molar-refractivity contribution in [3.05, 3.63) is 57.4 Å².